The zero-order chi connectivity index (χ0) is 10.8. The first-order valence-corrected chi connectivity index (χ1v) is 4.66. The van der Waals surface area contributed by atoms with Gasteiger partial charge in [0.1, 0.15) is 0 Å². The van der Waals surface area contributed by atoms with Crippen LogP contribution in [-0.2, 0) is 0 Å². The standard InChI is InChI=1S/C10H8ClN3O/c11-8-4-3-7(6-9(8)12)14-10(15)2-1-5-13-14/h1-6H,12H2. The molecule has 1 aromatic carbocycles. The minimum absolute atomic E-state index is 0.209. The highest BCUT2D eigenvalue weighted by Gasteiger charge is 2.02. The Morgan fingerprint density at radius 1 is 1.33 bits per heavy atom. The zero-order valence-electron chi connectivity index (χ0n) is 7.72. The van der Waals surface area contributed by atoms with Crippen molar-refractivity contribution in [3.63, 3.8) is 0 Å². The number of halogens is 1. The monoisotopic (exact) mass is 221 g/mol. The maximum Gasteiger partial charge on any atom is 0.271 e. The molecule has 4 nitrogen and oxygen atoms in total. The van der Waals surface area contributed by atoms with Crippen LogP contribution < -0.4 is 11.3 Å². The van der Waals surface area contributed by atoms with Crippen LogP contribution in [0, 0.1) is 0 Å². The van der Waals surface area contributed by atoms with Crippen LogP contribution in [0.2, 0.25) is 5.02 Å². The molecule has 0 unspecified atom stereocenters. The maximum atomic E-state index is 11.4. The molecule has 0 spiro atoms. The van der Waals surface area contributed by atoms with Gasteiger partial charge >= 0.3 is 0 Å². The SMILES string of the molecule is Nc1cc(-n2ncccc2=O)ccc1Cl. The Labute approximate surface area is 90.9 Å². The van der Waals surface area contributed by atoms with Gasteiger partial charge in [0.05, 0.1) is 16.4 Å². The molecule has 2 rings (SSSR count). The lowest BCUT2D eigenvalue weighted by atomic mass is 10.3. The Bertz CT molecular complexity index is 550. The Kier molecular flexibility index (Phi) is 2.43. The molecule has 0 atom stereocenters. The van der Waals surface area contributed by atoms with Crippen molar-refractivity contribution >= 4 is 17.3 Å². The summed E-state index contributed by atoms with van der Waals surface area (Å²) in [7, 11) is 0. The predicted octanol–water partition coefficient (Wildman–Crippen LogP) is 1.47. The van der Waals surface area contributed by atoms with E-state index in [1.165, 1.54) is 16.9 Å². The van der Waals surface area contributed by atoms with Crippen LogP contribution in [0.1, 0.15) is 0 Å². The summed E-state index contributed by atoms with van der Waals surface area (Å²) in [6.45, 7) is 0. The zero-order valence-corrected chi connectivity index (χ0v) is 8.48. The third kappa shape index (κ3) is 1.85. The number of benzene rings is 1. The molecule has 2 aromatic rings. The molecule has 0 aliphatic carbocycles. The van der Waals surface area contributed by atoms with Crippen molar-refractivity contribution < 1.29 is 0 Å². The quantitative estimate of drug-likeness (QED) is 0.742. The number of anilines is 1. The van der Waals surface area contributed by atoms with Crippen molar-refractivity contribution in [2.24, 2.45) is 0 Å². The van der Waals surface area contributed by atoms with E-state index in [4.69, 9.17) is 17.3 Å². The van der Waals surface area contributed by atoms with Crippen molar-refractivity contribution in [2.45, 2.75) is 0 Å². The number of nitrogens with two attached hydrogens (primary N) is 1. The summed E-state index contributed by atoms with van der Waals surface area (Å²) >= 11 is 5.78. The molecule has 0 fully saturated rings. The number of nitrogen functional groups attached to an aromatic ring is 1. The van der Waals surface area contributed by atoms with Crippen molar-refractivity contribution in [1.82, 2.24) is 9.78 Å². The highest BCUT2D eigenvalue weighted by atomic mass is 35.5. The maximum absolute atomic E-state index is 11.4. The van der Waals surface area contributed by atoms with Crippen molar-refractivity contribution in [3.05, 3.63) is 51.9 Å². The predicted molar refractivity (Wildman–Crippen MR) is 59.3 cm³/mol. The molecule has 2 N–H and O–H groups in total. The van der Waals surface area contributed by atoms with Crippen LogP contribution in [0.25, 0.3) is 5.69 Å². The first-order valence-electron chi connectivity index (χ1n) is 4.28. The molecule has 0 aliphatic heterocycles. The van der Waals surface area contributed by atoms with Crippen LogP contribution in [0.5, 0.6) is 0 Å². The molecule has 0 radical (unpaired) electrons. The molecule has 15 heavy (non-hydrogen) atoms. The molecule has 5 heteroatoms. The van der Waals surface area contributed by atoms with Gasteiger partial charge in [-0.15, -0.1) is 0 Å². The molecular weight excluding hydrogens is 214 g/mol. The summed E-state index contributed by atoms with van der Waals surface area (Å²) in [6.07, 6.45) is 1.53. The normalized spacial score (nSPS) is 10.2. The summed E-state index contributed by atoms with van der Waals surface area (Å²) in [4.78, 5) is 11.4. The van der Waals surface area contributed by atoms with E-state index in [1.54, 1.807) is 24.3 Å². The number of hydrogen-bond donors (Lipinski definition) is 1. The van der Waals surface area contributed by atoms with Gasteiger partial charge in [0.2, 0.25) is 0 Å². The molecule has 1 aromatic heterocycles. The van der Waals surface area contributed by atoms with E-state index in [0.717, 1.165) is 0 Å². The molecule has 76 valence electrons. The fourth-order valence-electron chi connectivity index (χ4n) is 1.21. The largest absolute Gasteiger partial charge is 0.397 e. The van der Waals surface area contributed by atoms with Gasteiger partial charge < -0.3 is 5.73 Å². The summed E-state index contributed by atoms with van der Waals surface area (Å²) in [5.74, 6) is 0. The molecule has 0 saturated carbocycles. The van der Waals surface area contributed by atoms with Gasteiger partial charge in [-0.05, 0) is 24.3 Å². The van der Waals surface area contributed by atoms with Gasteiger partial charge in [-0.25, -0.2) is 0 Å². The Morgan fingerprint density at radius 2 is 2.13 bits per heavy atom. The average molecular weight is 222 g/mol. The second-order valence-electron chi connectivity index (χ2n) is 2.98. The molecule has 1 heterocycles. The van der Waals surface area contributed by atoms with E-state index >= 15 is 0 Å². The van der Waals surface area contributed by atoms with Crippen LogP contribution in [0.15, 0.2) is 41.3 Å². The minimum Gasteiger partial charge on any atom is -0.397 e. The van der Waals surface area contributed by atoms with Gasteiger partial charge in [0.15, 0.2) is 0 Å². The van der Waals surface area contributed by atoms with Gasteiger partial charge in [-0.3, -0.25) is 4.79 Å². The number of rotatable bonds is 1. The number of nitrogens with zero attached hydrogens (tertiary/aromatic N) is 2. The lowest BCUT2D eigenvalue weighted by Crippen LogP contribution is -2.19. The van der Waals surface area contributed by atoms with Crippen LogP contribution >= 0.6 is 11.6 Å². The molecule has 0 aliphatic rings. The highest BCUT2D eigenvalue weighted by Crippen LogP contribution is 2.20. The highest BCUT2D eigenvalue weighted by molar-refractivity contribution is 6.33. The average Bonchev–Trinajstić information content (AvgIpc) is 2.23. The molecule has 0 saturated heterocycles. The second-order valence-corrected chi connectivity index (χ2v) is 3.39. The lowest BCUT2D eigenvalue weighted by molar-refractivity contribution is 0.807. The summed E-state index contributed by atoms with van der Waals surface area (Å²) in [6, 6.07) is 7.94. The summed E-state index contributed by atoms with van der Waals surface area (Å²) < 4.78 is 1.26. The minimum atomic E-state index is -0.209. The van der Waals surface area contributed by atoms with Crippen LogP contribution in [0.3, 0.4) is 0 Å². The van der Waals surface area contributed by atoms with Gasteiger partial charge in [-0.2, -0.15) is 9.78 Å². The number of aromatic nitrogens is 2. The van der Waals surface area contributed by atoms with Crippen molar-refractivity contribution in [1.29, 1.82) is 0 Å². The van der Waals surface area contributed by atoms with E-state index in [2.05, 4.69) is 5.10 Å². The third-order valence-electron chi connectivity index (χ3n) is 1.94. The smallest absolute Gasteiger partial charge is 0.271 e. The first-order chi connectivity index (χ1) is 7.18. The molecule has 0 amide bonds. The molecular formula is C10H8ClN3O. The Balaban J connectivity index is 2.60. The third-order valence-corrected chi connectivity index (χ3v) is 2.28. The Morgan fingerprint density at radius 3 is 2.80 bits per heavy atom. The van der Waals surface area contributed by atoms with Crippen LogP contribution in [-0.4, -0.2) is 9.78 Å². The van der Waals surface area contributed by atoms with E-state index < -0.39 is 0 Å². The van der Waals surface area contributed by atoms with Crippen molar-refractivity contribution in [3.8, 4) is 5.69 Å². The van der Waals surface area contributed by atoms with Gasteiger partial charge in [-0.1, -0.05) is 11.6 Å². The Hall–Kier alpha value is -1.81. The van der Waals surface area contributed by atoms with Crippen molar-refractivity contribution in [2.75, 3.05) is 5.73 Å². The van der Waals surface area contributed by atoms with Gasteiger partial charge in [0, 0.05) is 12.3 Å². The first kappa shape index (κ1) is 9.73. The number of hydrogen-bond acceptors (Lipinski definition) is 3. The van der Waals surface area contributed by atoms with E-state index in [0.29, 0.717) is 16.4 Å². The fourth-order valence-corrected chi connectivity index (χ4v) is 1.33. The second kappa shape index (κ2) is 3.74. The van der Waals surface area contributed by atoms with E-state index in [1.807, 2.05) is 0 Å². The summed E-state index contributed by atoms with van der Waals surface area (Å²) in [5.41, 5.74) is 6.45. The van der Waals surface area contributed by atoms with E-state index in [9.17, 15) is 4.79 Å². The fraction of sp³-hybridized carbons (Fsp3) is 0. The van der Waals surface area contributed by atoms with E-state index in [-0.39, 0.29) is 5.56 Å². The topological polar surface area (TPSA) is 60.9 Å². The molecule has 0 bridgehead atoms. The summed E-state index contributed by atoms with van der Waals surface area (Å²) in [5, 5.41) is 4.39. The van der Waals surface area contributed by atoms with Crippen LogP contribution in [0.4, 0.5) is 5.69 Å². The lowest BCUT2D eigenvalue weighted by Gasteiger charge is -2.04. The van der Waals surface area contributed by atoms with Gasteiger partial charge in [0.25, 0.3) is 5.56 Å².